The molecule has 0 aliphatic heterocycles. The first-order chi connectivity index (χ1) is 10.9. The molecule has 0 aliphatic carbocycles. The average Bonchev–Trinajstić information content (AvgIpc) is 2.61. The number of anilines is 3. The second-order valence-corrected chi connectivity index (χ2v) is 4.96. The molecular formula is C18H18N4. The number of nitrogens with two attached hydrogens (primary N) is 1. The molecule has 1 heterocycles. The minimum atomic E-state index is 0.757. The summed E-state index contributed by atoms with van der Waals surface area (Å²) < 4.78 is 0. The predicted octanol–water partition coefficient (Wildman–Crippen LogP) is 3.71. The van der Waals surface area contributed by atoms with E-state index in [0.29, 0.717) is 0 Å². The number of hydrazine groups is 1. The van der Waals surface area contributed by atoms with E-state index in [2.05, 4.69) is 39.6 Å². The molecule has 0 saturated heterocycles. The van der Waals surface area contributed by atoms with E-state index < -0.39 is 0 Å². The second kappa shape index (κ2) is 6.74. The normalized spacial score (nSPS) is 10.2. The summed E-state index contributed by atoms with van der Waals surface area (Å²) in [5.74, 6) is 6.29. The number of aromatic nitrogens is 1. The highest BCUT2D eigenvalue weighted by molar-refractivity contribution is 5.61. The van der Waals surface area contributed by atoms with Crippen molar-refractivity contribution < 1.29 is 0 Å². The average molecular weight is 290 g/mol. The molecule has 0 unspecified atom stereocenters. The highest BCUT2D eigenvalue weighted by Gasteiger charge is 2.11. The summed E-state index contributed by atoms with van der Waals surface area (Å²) in [4.78, 5) is 6.68. The zero-order valence-electron chi connectivity index (χ0n) is 12.2. The molecule has 0 atom stereocenters. The lowest BCUT2D eigenvalue weighted by Crippen LogP contribution is -2.18. The summed E-state index contributed by atoms with van der Waals surface area (Å²) in [6, 6.07) is 24.5. The number of nitrogens with zero attached hydrogens (tertiary/aromatic N) is 2. The number of hydrogen-bond donors (Lipinski definition) is 2. The number of benzene rings is 2. The molecule has 1 aromatic heterocycles. The van der Waals surface area contributed by atoms with Crippen molar-refractivity contribution in [1.82, 2.24) is 4.98 Å². The van der Waals surface area contributed by atoms with Crippen molar-refractivity contribution in [2.75, 3.05) is 10.3 Å². The molecule has 0 bridgehead atoms. The van der Waals surface area contributed by atoms with Gasteiger partial charge >= 0.3 is 0 Å². The Morgan fingerprint density at radius 3 is 2.14 bits per heavy atom. The van der Waals surface area contributed by atoms with Crippen LogP contribution in [0.3, 0.4) is 0 Å². The molecule has 3 N–H and O–H groups in total. The lowest BCUT2D eigenvalue weighted by atomic mass is 10.2. The molecule has 3 aromatic rings. The zero-order chi connectivity index (χ0) is 15.2. The fourth-order valence-electron chi connectivity index (χ4n) is 2.31. The van der Waals surface area contributed by atoms with Gasteiger partial charge in [0, 0.05) is 12.2 Å². The topological polar surface area (TPSA) is 54.2 Å². The Kier molecular flexibility index (Phi) is 4.32. The molecule has 22 heavy (non-hydrogen) atoms. The van der Waals surface area contributed by atoms with Crippen molar-refractivity contribution in [2.45, 2.75) is 6.54 Å². The lowest BCUT2D eigenvalue weighted by Gasteiger charge is -2.24. The van der Waals surface area contributed by atoms with Gasteiger partial charge in [-0.2, -0.15) is 0 Å². The number of rotatable bonds is 5. The van der Waals surface area contributed by atoms with Gasteiger partial charge < -0.3 is 10.3 Å². The highest BCUT2D eigenvalue weighted by Crippen LogP contribution is 2.26. The third-order valence-electron chi connectivity index (χ3n) is 3.44. The monoisotopic (exact) mass is 290 g/mol. The summed E-state index contributed by atoms with van der Waals surface area (Å²) in [5.41, 5.74) is 5.72. The Labute approximate surface area is 130 Å². The largest absolute Gasteiger partial charge is 0.323 e. The van der Waals surface area contributed by atoms with Crippen LogP contribution >= 0.6 is 0 Å². The van der Waals surface area contributed by atoms with E-state index in [-0.39, 0.29) is 0 Å². The first-order valence-corrected chi connectivity index (χ1v) is 7.16. The van der Waals surface area contributed by atoms with Gasteiger partial charge in [-0.05, 0) is 29.8 Å². The molecule has 0 fully saturated rings. The number of nitrogen functional groups attached to an aromatic ring is 1. The molecule has 0 amide bonds. The number of hydrogen-bond acceptors (Lipinski definition) is 4. The summed E-state index contributed by atoms with van der Waals surface area (Å²) in [5, 5.41) is 0. The van der Waals surface area contributed by atoms with Crippen LogP contribution in [0.1, 0.15) is 5.56 Å². The van der Waals surface area contributed by atoms with Crippen LogP contribution in [-0.4, -0.2) is 4.98 Å². The Bertz CT molecular complexity index is 696. The maximum absolute atomic E-state index is 5.41. The fourth-order valence-corrected chi connectivity index (χ4v) is 2.31. The van der Waals surface area contributed by atoms with Crippen molar-refractivity contribution in [3.05, 3.63) is 84.6 Å². The highest BCUT2D eigenvalue weighted by atomic mass is 15.2. The summed E-state index contributed by atoms with van der Waals surface area (Å²) >= 11 is 0. The van der Waals surface area contributed by atoms with Crippen LogP contribution in [0.5, 0.6) is 0 Å². The Morgan fingerprint density at radius 2 is 1.55 bits per heavy atom. The Hall–Kier alpha value is -2.85. The van der Waals surface area contributed by atoms with Gasteiger partial charge in [-0.15, -0.1) is 0 Å². The fraction of sp³-hybridized carbons (Fsp3) is 0.0556. The third kappa shape index (κ3) is 3.24. The maximum atomic E-state index is 5.41. The van der Waals surface area contributed by atoms with Gasteiger partial charge in [-0.1, -0.05) is 48.5 Å². The Morgan fingerprint density at radius 1 is 0.864 bits per heavy atom. The third-order valence-corrected chi connectivity index (χ3v) is 3.44. The molecule has 0 saturated carbocycles. The van der Waals surface area contributed by atoms with Crippen LogP contribution < -0.4 is 16.2 Å². The van der Waals surface area contributed by atoms with Gasteiger partial charge in [-0.3, -0.25) is 5.84 Å². The van der Waals surface area contributed by atoms with Crippen molar-refractivity contribution in [1.29, 1.82) is 0 Å². The molecule has 4 heteroatoms. The first kappa shape index (κ1) is 14.1. The summed E-state index contributed by atoms with van der Waals surface area (Å²) in [6.45, 7) is 0.757. The molecule has 4 nitrogen and oxygen atoms in total. The van der Waals surface area contributed by atoms with Crippen molar-refractivity contribution in [3.63, 3.8) is 0 Å². The first-order valence-electron chi connectivity index (χ1n) is 7.16. The zero-order valence-corrected chi connectivity index (χ0v) is 12.2. The van der Waals surface area contributed by atoms with E-state index in [1.165, 1.54) is 5.56 Å². The van der Waals surface area contributed by atoms with Gasteiger partial charge in [0.1, 0.15) is 5.82 Å². The van der Waals surface area contributed by atoms with E-state index in [1.54, 1.807) is 6.20 Å². The Balaban J connectivity index is 1.95. The van der Waals surface area contributed by atoms with E-state index >= 15 is 0 Å². The van der Waals surface area contributed by atoms with Crippen LogP contribution in [0.2, 0.25) is 0 Å². The van der Waals surface area contributed by atoms with Gasteiger partial charge in [0.15, 0.2) is 0 Å². The van der Waals surface area contributed by atoms with E-state index in [0.717, 1.165) is 23.7 Å². The number of pyridine rings is 1. The van der Waals surface area contributed by atoms with E-state index in [4.69, 9.17) is 5.84 Å². The quantitative estimate of drug-likeness (QED) is 0.555. The molecule has 0 spiro atoms. The van der Waals surface area contributed by atoms with Crippen molar-refractivity contribution in [3.8, 4) is 0 Å². The van der Waals surface area contributed by atoms with Crippen LogP contribution in [0.4, 0.5) is 17.2 Å². The lowest BCUT2D eigenvalue weighted by molar-refractivity contribution is 0.947. The number of para-hydroxylation sites is 1. The molecule has 0 radical (unpaired) electrons. The van der Waals surface area contributed by atoms with Crippen LogP contribution in [-0.2, 0) is 6.54 Å². The maximum Gasteiger partial charge on any atom is 0.133 e. The van der Waals surface area contributed by atoms with Crippen molar-refractivity contribution >= 4 is 17.2 Å². The molecule has 2 aromatic carbocycles. The van der Waals surface area contributed by atoms with Crippen LogP contribution in [0.25, 0.3) is 0 Å². The summed E-state index contributed by atoms with van der Waals surface area (Å²) in [7, 11) is 0. The van der Waals surface area contributed by atoms with E-state index in [9.17, 15) is 0 Å². The second-order valence-electron chi connectivity index (χ2n) is 4.96. The smallest absolute Gasteiger partial charge is 0.133 e. The van der Waals surface area contributed by atoms with Gasteiger partial charge in [0.2, 0.25) is 0 Å². The van der Waals surface area contributed by atoms with E-state index in [1.807, 2.05) is 48.5 Å². The summed E-state index contributed by atoms with van der Waals surface area (Å²) in [6.07, 6.45) is 1.73. The van der Waals surface area contributed by atoms with Gasteiger partial charge in [0.25, 0.3) is 0 Å². The molecular weight excluding hydrogens is 272 g/mol. The molecule has 110 valence electrons. The van der Waals surface area contributed by atoms with Gasteiger partial charge in [0.05, 0.1) is 11.9 Å². The minimum Gasteiger partial charge on any atom is -0.323 e. The molecule has 3 rings (SSSR count). The molecule has 0 aliphatic rings. The van der Waals surface area contributed by atoms with Gasteiger partial charge in [-0.25, -0.2) is 4.98 Å². The number of nitrogens with one attached hydrogen (secondary N) is 1. The van der Waals surface area contributed by atoms with Crippen molar-refractivity contribution in [2.24, 2.45) is 5.84 Å². The standard InChI is InChI=1S/C18H18N4/c19-21-16-11-12-18(20-13-16)22(17-9-5-2-6-10-17)14-15-7-3-1-4-8-15/h1-13,21H,14,19H2. The van der Waals surface area contributed by atoms with Crippen LogP contribution in [0.15, 0.2) is 79.0 Å². The minimum absolute atomic E-state index is 0.757. The predicted molar refractivity (Wildman–Crippen MR) is 90.8 cm³/mol. The van der Waals surface area contributed by atoms with Crippen LogP contribution in [0, 0.1) is 0 Å². The SMILES string of the molecule is NNc1ccc(N(Cc2ccccc2)c2ccccc2)nc1.